The first-order valence-electron chi connectivity index (χ1n) is 10.0. The normalized spacial score (nSPS) is 12.2. The number of esters is 2. The Labute approximate surface area is 194 Å². The average molecular weight is 482 g/mol. The number of carbonyl (C=O) groups is 2. The van der Waals surface area contributed by atoms with Gasteiger partial charge in [0, 0.05) is 19.0 Å². The summed E-state index contributed by atoms with van der Waals surface area (Å²) in [5.41, 5.74) is 1.57. The van der Waals surface area contributed by atoms with Crippen LogP contribution in [0.5, 0.6) is 11.5 Å². The van der Waals surface area contributed by atoms with E-state index < -0.39 is 28.2 Å². The molecule has 182 valence electrons. The molecule has 1 unspecified atom stereocenters. The van der Waals surface area contributed by atoms with Gasteiger partial charge in [-0.1, -0.05) is 24.3 Å². The number of aliphatic hydroxyl groups excluding tert-OH is 1. The summed E-state index contributed by atoms with van der Waals surface area (Å²) in [6.45, 7) is 9.39. The van der Waals surface area contributed by atoms with Gasteiger partial charge in [-0.2, -0.15) is 8.42 Å². The molecular formula is C23H31NO8S. The molecule has 10 heteroatoms. The Balaban J connectivity index is 0.000000981. The molecule has 0 aliphatic carbocycles. The number of nitrogens with one attached hydrogen (secondary N) is 1. The molecule has 9 nitrogen and oxygen atoms in total. The molecule has 1 atom stereocenters. The highest BCUT2D eigenvalue weighted by Gasteiger charge is 2.19. The van der Waals surface area contributed by atoms with E-state index >= 15 is 0 Å². The second kappa shape index (κ2) is 11.9. The zero-order chi connectivity index (χ0) is 25.4. The standard InChI is InChI=1S/C22H27NO5.CH4O3S/c1-14-8-6-7-9-17(14)21(26)28-20-12-16(10-11-19(20)27-15(2)24)18(25)13-23-22(3,4)5;1-5(2,3)4/h6-12,18,23,25H,13H2,1-5H3;1H3,(H,2,3,4). The minimum atomic E-state index is -3.67. The highest BCUT2D eigenvalue weighted by molar-refractivity contribution is 7.85. The Morgan fingerprint density at radius 2 is 1.64 bits per heavy atom. The highest BCUT2D eigenvalue weighted by atomic mass is 32.2. The van der Waals surface area contributed by atoms with Crippen LogP contribution in [0.1, 0.15) is 55.3 Å². The van der Waals surface area contributed by atoms with E-state index in [1.54, 1.807) is 18.2 Å². The molecule has 0 saturated carbocycles. The van der Waals surface area contributed by atoms with Crippen LogP contribution in [-0.2, 0) is 14.9 Å². The van der Waals surface area contributed by atoms with E-state index in [1.165, 1.54) is 19.1 Å². The maximum absolute atomic E-state index is 12.6. The molecule has 0 spiro atoms. The minimum Gasteiger partial charge on any atom is -0.423 e. The van der Waals surface area contributed by atoms with Gasteiger partial charge in [0.25, 0.3) is 10.1 Å². The van der Waals surface area contributed by atoms with Crippen molar-refractivity contribution in [2.24, 2.45) is 0 Å². The number of rotatable bonds is 6. The summed E-state index contributed by atoms with van der Waals surface area (Å²) in [7, 11) is -3.67. The largest absolute Gasteiger partial charge is 0.423 e. The van der Waals surface area contributed by atoms with Crippen molar-refractivity contribution in [2.75, 3.05) is 12.8 Å². The Morgan fingerprint density at radius 3 is 2.15 bits per heavy atom. The summed E-state index contributed by atoms with van der Waals surface area (Å²) in [6, 6.07) is 11.7. The third kappa shape index (κ3) is 11.6. The lowest BCUT2D eigenvalue weighted by Crippen LogP contribution is -2.38. The van der Waals surface area contributed by atoms with E-state index in [0.29, 0.717) is 23.9 Å². The van der Waals surface area contributed by atoms with Crippen molar-refractivity contribution in [3.8, 4) is 11.5 Å². The SMILES string of the molecule is CC(=O)Oc1ccc(C(O)CNC(C)(C)C)cc1OC(=O)c1ccccc1C.CS(=O)(=O)O. The van der Waals surface area contributed by atoms with Crippen molar-refractivity contribution in [1.82, 2.24) is 5.32 Å². The summed E-state index contributed by atoms with van der Waals surface area (Å²) in [4.78, 5) is 24.0. The van der Waals surface area contributed by atoms with Gasteiger partial charge in [-0.15, -0.1) is 0 Å². The topological polar surface area (TPSA) is 139 Å². The van der Waals surface area contributed by atoms with Gasteiger partial charge < -0.3 is 19.9 Å². The molecule has 0 amide bonds. The predicted molar refractivity (Wildman–Crippen MR) is 124 cm³/mol. The quantitative estimate of drug-likeness (QED) is 0.323. The van der Waals surface area contributed by atoms with Crippen molar-refractivity contribution >= 4 is 22.1 Å². The van der Waals surface area contributed by atoms with Crippen LogP contribution in [0.25, 0.3) is 0 Å². The summed E-state index contributed by atoms with van der Waals surface area (Å²) in [6.07, 6.45) is -0.103. The van der Waals surface area contributed by atoms with E-state index in [4.69, 9.17) is 14.0 Å². The van der Waals surface area contributed by atoms with E-state index in [1.807, 2.05) is 39.8 Å². The maximum atomic E-state index is 12.6. The molecule has 0 heterocycles. The summed E-state index contributed by atoms with van der Waals surface area (Å²) < 4.78 is 36.5. The Kier molecular flexibility index (Phi) is 10.2. The molecule has 0 radical (unpaired) electrons. The van der Waals surface area contributed by atoms with E-state index in [-0.39, 0.29) is 17.0 Å². The van der Waals surface area contributed by atoms with Crippen molar-refractivity contribution in [3.63, 3.8) is 0 Å². The number of carbonyl (C=O) groups excluding carboxylic acids is 2. The lowest BCUT2D eigenvalue weighted by molar-refractivity contribution is -0.132. The molecule has 2 aromatic carbocycles. The lowest BCUT2D eigenvalue weighted by Gasteiger charge is -2.23. The molecule has 2 aromatic rings. The number of aryl methyl sites for hydroxylation is 1. The van der Waals surface area contributed by atoms with Crippen LogP contribution in [0.4, 0.5) is 0 Å². The molecule has 0 aromatic heterocycles. The third-order valence-corrected chi connectivity index (χ3v) is 4.00. The van der Waals surface area contributed by atoms with Crippen LogP contribution in [0.3, 0.4) is 0 Å². The Hall–Kier alpha value is -2.79. The summed E-state index contributed by atoms with van der Waals surface area (Å²) in [5, 5.41) is 13.7. The van der Waals surface area contributed by atoms with Gasteiger partial charge in [-0.05, 0) is 57.0 Å². The average Bonchev–Trinajstić information content (AvgIpc) is 2.65. The second-order valence-corrected chi connectivity index (χ2v) is 9.85. The molecule has 2 rings (SSSR count). The molecule has 0 bridgehead atoms. The number of hydrogen-bond acceptors (Lipinski definition) is 8. The molecule has 0 fully saturated rings. The van der Waals surface area contributed by atoms with Gasteiger partial charge in [-0.25, -0.2) is 4.79 Å². The van der Waals surface area contributed by atoms with Crippen molar-refractivity contribution in [1.29, 1.82) is 0 Å². The van der Waals surface area contributed by atoms with Crippen molar-refractivity contribution in [2.45, 2.75) is 46.3 Å². The number of aliphatic hydroxyl groups is 1. The van der Waals surface area contributed by atoms with E-state index in [9.17, 15) is 23.1 Å². The van der Waals surface area contributed by atoms with Gasteiger partial charge >= 0.3 is 11.9 Å². The van der Waals surface area contributed by atoms with Crippen LogP contribution >= 0.6 is 0 Å². The molecule has 3 N–H and O–H groups in total. The maximum Gasteiger partial charge on any atom is 0.343 e. The highest BCUT2D eigenvalue weighted by Crippen LogP contribution is 2.32. The van der Waals surface area contributed by atoms with E-state index in [2.05, 4.69) is 5.32 Å². The first-order chi connectivity index (χ1) is 15.1. The Bertz CT molecular complexity index is 1070. The van der Waals surface area contributed by atoms with Crippen molar-refractivity contribution in [3.05, 3.63) is 59.2 Å². The molecule has 33 heavy (non-hydrogen) atoms. The molecule has 0 aliphatic rings. The fourth-order valence-corrected chi connectivity index (χ4v) is 2.53. The lowest BCUT2D eigenvalue weighted by atomic mass is 10.1. The number of benzene rings is 2. The second-order valence-electron chi connectivity index (χ2n) is 8.38. The first-order valence-corrected chi connectivity index (χ1v) is 11.9. The molecule has 0 saturated heterocycles. The number of hydrogen-bond donors (Lipinski definition) is 3. The van der Waals surface area contributed by atoms with Crippen LogP contribution in [0, 0.1) is 6.92 Å². The van der Waals surface area contributed by atoms with Crippen LogP contribution in [-0.4, -0.2) is 48.4 Å². The monoisotopic (exact) mass is 481 g/mol. The fraction of sp³-hybridized carbons (Fsp3) is 0.391. The fourth-order valence-electron chi connectivity index (χ4n) is 2.53. The zero-order valence-electron chi connectivity index (χ0n) is 19.6. The molecular weight excluding hydrogens is 450 g/mol. The van der Waals surface area contributed by atoms with Gasteiger partial charge in [-0.3, -0.25) is 9.35 Å². The number of ether oxygens (including phenoxy) is 2. The van der Waals surface area contributed by atoms with E-state index in [0.717, 1.165) is 5.56 Å². The minimum absolute atomic E-state index is 0.0794. The van der Waals surface area contributed by atoms with Crippen LogP contribution in [0.2, 0.25) is 0 Å². The zero-order valence-corrected chi connectivity index (χ0v) is 20.4. The predicted octanol–water partition coefficient (Wildman–Crippen LogP) is 3.07. The van der Waals surface area contributed by atoms with Gasteiger partial charge in [0.05, 0.1) is 17.9 Å². The van der Waals surface area contributed by atoms with Crippen molar-refractivity contribution < 1.29 is 37.1 Å². The number of β-amino-alcohol motifs (C(OH)–C–C–N with tert-alkyl or cyclic N) is 1. The molecule has 0 aliphatic heterocycles. The third-order valence-electron chi connectivity index (χ3n) is 4.00. The summed E-state index contributed by atoms with van der Waals surface area (Å²) >= 11 is 0. The van der Waals surface area contributed by atoms with Gasteiger partial charge in [0.1, 0.15) is 0 Å². The van der Waals surface area contributed by atoms with Gasteiger partial charge in [0.15, 0.2) is 11.5 Å². The smallest absolute Gasteiger partial charge is 0.343 e. The Morgan fingerprint density at radius 1 is 1.06 bits per heavy atom. The van der Waals surface area contributed by atoms with Crippen LogP contribution in [0.15, 0.2) is 42.5 Å². The van der Waals surface area contributed by atoms with Crippen LogP contribution < -0.4 is 14.8 Å². The first kappa shape index (κ1) is 28.2. The van der Waals surface area contributed by atoms with Gasteiger partial charge in [0.2, 0.25) is 0 Å². The summed E-state index contributed by atoms with van der Waals surface area (Å²) in [5.74, 6) is -0.897.